The molecule has 20 heavy (non-hydrogen) atoms. The van der Waals surface area contributed by atoms with Crippen LogP contribution in [-0.4, -0.2) is 34.0 Å². The first kappa shape index (κ1) is 14.5. The number of anilines is 1. The third kappa shape index (κ3) is 2.54. The lowest BCUT2D eigenvalue weighted by atomic mass is 10.2. The lowest BCUT2D eigenvalue weighted by molar-refractivity contribution is -0.125. The molecule has 0 radical (unpaired) electrons. The Labute approximate surface area is 118 Å². The number of likely N-dealkylation sites (N-methyl/N-ethyl adjacent to an activating group) is 1. The van der Waals surface area contributed by atoms with Crippen molar-refractivity contribution in [1.82, 2.24) is 4.72 Å². The number of carbonyl (C=O) groups is 1. The highest BCUT2D eigenvalue weighted by Crippen LogP contribution is 2.34. The van der Waals surface area contributed by atoms with Gasteiger partial charge in [-0.25, -0.2) is 13.1 Å². The monoisotopic (exact) mass is 296 g/mol. The lowest BCUT2D eigenvalue weighted by Crippen LogP contribution is -2.42. The molecule has 1 atom stereocenters. The summed E-state index contributed by atoms with van der Waals surface area (Å²) in [4.78, 5) is 13.3. The standard InChI is InChI=1S/C13H16N2O4S/c1-4-7-14-20(17,18)10-5-6-12-11(8-10)15(3)13(16)9(2)19-12/h4-6,8-9,14H,1,7H2,2-3H3. The number of carbonyl (C=O) groups excluding carboxylic acids is 1. The van der Waals surface area contributed by atoms with Crippen LogP contribution >= 0.6 is 0 Å². The summed E-state index contributed by atoms with van der Waals surface area (Å²) in [5.41, 5.74) is 0.439. The third-order valence-electron chi connectivity index (χ3n) is 3.00. The zero-order valence-corrected chi connectivity index (χ0v) is 12.1. The molecule has 1 unspecified atom stereocenters. The Balaban J connectivity index is 2.42. The molecule has 0 fully saturated rings. The first-order valence-electron chi connectivity index (χ1n) is 6.05. The second kappa shape index (κ2) is 5.26. The zero-order valence-electron chi connectivity index (χ0n) is 11.3. The van der Waals surface area contributed by atoms with E-state index in [1.165, 1.54) is 23.1 Å². The lowest BCUT2D eigenvalue weighted by Gasteiger charge is -2.30. The summed E-state index contributed by atoms with van der Waals surface area (Å²) in [6, 6.07) is 4.42. The van der Waals surface area contributed by atoms with Gasteiger partial charge in [-0.05, 0) is 25.1 Å². The van der Waals surface area contributed by atoms with Crippen LogP contribution in [0.1, 0.15) is 6.92 Å². The summed E-state index contributed by atoms with van der Waals surface area (Å²) in [7, 11) is -2.03. The summed E-state index contributed by atoms with van der Waals surface area (Å²) < 4.78 is 31.9. The van der Waals surface area contributed by atoms with Crippen molar-refractivity contribution in [3.8, 4) is 5.75 Å². The van der Waals surface area contributed by atoms with Crippen LogP contribution in [0.25, 0.3) is 0 Å². The SMILES string of the molecule is C=CCNS(=O)(=O)c1ccc2c(c1)N(C)C(=O)C(C)O2. The summed E-state index contributed by atoms with van der Waals surface area (Å²) in [6.07, 6.45) is 0.880. The molecule has 0 bridgehead atoms. The second-order valence-electron chi connectivity index (χ2n) is 4.43. The van der Waals surface area contributed by atoms with Crippen molar-refractivity contribution < 1.29 is 17.9 Å². The topological polar surface area (TPSA) is 75.7 Å². The van der Waals surface area contributed by atoms with E-state index in [0.717, 1.165) is 0 Å². The number of nitrogens with zero attached hydrogens (tertiary/aromatic N) is 1. The fourth-order valence-electron chi connectivity index (χ4n) is 1.91. The Hall–Kier alpha value is -1.86. The highest BCUT2D eigenvalue weighted by Gasteiger charge is 2.30. The second-order valence-corrected chi connectivity index (χ2v) is 6.19. The summed E-state index contributed by atoms with van der Waals surface area (Å²) in [6.45, 7) is 5.25. The van der Waals surface area contributed by atoms with Crippen LogP contribution in [0.5, 0.6) is 5.75 Å². The molecule has 0 spiro atoms. The summed E-state index contributed by atoms with van der Waals surface area (Å²) in [5.74, 6) is 0.272. The van der Waals surface area contributed by atoms with Crippen molar-refractivity contribution in [2.75, 3.05) is 18.5 Å². The maximum atomic E-state index is 12.0. The average Bonchev–Trinajstić information content (AvgIpc) is 2.42. The van der Waals surface area contributed by atoms with Crippen LogP contribution in [0.3, 0.4) is 0 Å². The molecular weight excluding hydrogens is 280 g/mol. The molecule has 0 saturated heterocycles. The summed E-state index contributed by atoms with van der Waals surface area (Å²) >= 11 is 0. The average molecular weight is 296 g/mol. The van der Waals surface area contributed by atoms with Gasteiger partial charge in [0.1, 0.15) is 5.75 Å². The smallest absolute Gasteiger partial charge is 0.267 e. The van der Waals surface area contributed by atoms with E-state index in [4.69, 9.17) is 4.74 Å². The maximum absolute atomic E-state index is 12.0. The van der Waals surface area contributed by atoms with Crippen LogP contribution in [0, 0.1) is 0 Å². The van der Waals surface area contributed by atoms with Crippen molar-refractivity contribution in [2.24, 2.45) is 0 Å². The largest absolute Gasteiger partial charge is 0.479 e. The Kier molecular flexibility index (Phi) is 3.82. The van der Waals surface area contributed by atoms with Crippen molar-refractivity contribution in [3.05, 3.63) is 30.9 Å². The molecule has 1 aliphatic heterocycles. The van der Waals surface area contributed by atoms with E-state index in [9.17, 15) is 13.2 Å². The number of hydrogen-bond donors (Lipinski definition) is 1. The van der Waals surface area contributed by atoms with Gasteiger partial charge in [-0.2, -0.15) is 0 Å². The molecule has 0 saturated carbocycles. The number of amides is 1. The molecule has 1 heterocycles. The van der Waals surface area contributed by atoms with E-state index < -0.39 is 16.1 Å². The van der Waals surface area contributed by atoms with Gasteiger partial charge in [0, 0.05) is 13.6 Å². The number of benzene rings is 1. The Morgan fingerprint density at radius 3 is 2.85 bits per heavy atom. The minimum atomic E-state index is -3.63. The van der Waals surface area contributed by atoms with E-state index in [0.29, 0.717) is 11.4 Å². The molecule has 1 N–H and O–H groups in total. The van der Waals surface area contributed by atoms with Gasteiger partial charge in [0.2, 0.25) is 10.0 Å². The van der Waals surface area contributed by atoms with Crippen molar-refractivity contribution in [1.29, 1.82) is 0 Å². The van der Waals surface area contributed by atoms with Crippen LogP contribution in [-0.2, 0) is 14.8 Å². The Morgan fingerprint density at radius 2 is 2.20 bits per heavy atom. The fraction of sp³-hybridized carbons (Fsp3) is 0.308. The van der Waals surface area contributed by atoms with Gasteiger partial charge in [0.15, 0.2) is 6.10 Å². The molecular formula is C13H16N2O4S. The molecule has 7 heteroatoms. The van der Waals surface area contributed by atoms with Gasteiger partial charge in [-0.15, -0.1) is 6.58 Å². The van der Waals surface area contributed by atoms with Gasteiger partial charge in [0.05, 0.1) is 10.6 Å². The van der Waals surface area contributed by atoms with E-state index in [1.807, 2.05) is 0 Å². The number of ether oxygens (including phenoxy) is 1. The number of rotatable bonds is 4. The molecule has 2 rings (SSSR count). The minimum Gasteiger partial charge on any atom is -0.479 e. The van der Waals surface area contributed by atoms with Crippen LogP contribution in [0.15, 0.2) is 35.7 Å². The first-order chi connectivity index (χ1) is 9.36. The van der Waals surface area contributed by atoms with Gasteiger partial charge >= 0.3 is 0 Å². The third-order valence-corrected chi connectivity index (χ3v) is 4.42. The van der Waals surface area contributed by atoms with Crippen molar-refractivity contribution >= 4 is 21.6 Å². The quantitative estimate of drug-likeness (QED) is 0.837. The molecule has 1 aromatic carbocycles. The van der Waals surface area contributed by atoms with E-state index in [1.54, 1.807) is 20.0 Å². The van der Waals surface area contributed by atoms with Crippen molar-refractivity contribution in [2.45, 2.75) is 17.9 Å². The Morgan fingerprint density at radius 1 is 1.50 bits per heavy atom. The van der Waals surface area contributed by atoms with Crippen molar-refractivity contribution in [3.63, 3.8) is 0 Å². The summed E-state index contributed by atoms with van der Waals surface area (Å²) in [5, 5.41) is 0. The molecule has 1 aliphatic rings. The number of sulfonamides is 1. The predicted molar refractivity (Wildman–Crippen MR) is 75.3 cm³/mol. The van der Waals surface area contributed by atoms with Gasteiger partial charge < -0.3 is 9.64 Å². The molecule has 108 valence electrons. The molecule has 6 nitrogen and oxygen atoms in total. The van der Waals surface area contributed by atoms with Crippen LogP contribution < -0.4 is 14.4 Å². The fourth-order valence-corrected chi connectivity index (χ4v) is 2.93. The predicted octanol–water partition coefficient (Wildman–Crippen LogP) is 0.895. The number of fused-ring (bicyclic) bond motifs is 1. The highest BCUT2D eigenvalue weighted by molar-refractivity contribution is 7.89. The van der Waals surface area contributed by atoms with Crippen LogP contribution in [0.4, 0.5) is 5.69 Å². The maximum Gasteiger partial charge on any atom is 0.267 e. The zero-order chi connectivity index (χ0) is 14.9. The minimum absolute atomic E-state index is 0.0795. The van der Waals surface area contributed by atoms with Gasteiger partial charge in [-0.3, -0.25) is 4.79 Å². The highest BCUT2D eigenvalue weighted by atomic mass is 32.2. The number of nitrogens with one attached hydrogen (secondary N) is 1. The molecule has 1 amide bonds. The first-order valence-corrected chi connectivity index (χ1v) is 7.54. The van der Waals surface area contributed by atoms with Gasteiger partial charge in [-0.1, -0.05) is 6.08 Å². The van der Waals surface area contributed by atoms with E-state index >= 15 is 0 Å². The van der Waals surface area contributed by atoms with E-state index in [2.05, 4.69) is 11.3 Å². The number of hydrogen-bond acceptors (Lipinski definition) is 4. The molecule has 1 aromatic rings. The van der Waals surface area contributed by atoms with Crippen LogP contribution in [0.2, 0.25) is 0 Å². The Bertz CT molecular complexity index is 654. The normalized spacial score (nSPS) is 18.4. The molecule has 0 aromatic heterocycles. The van der Waals surface area contributed by atoms with Gasteiger partial charge in [0.25, 0.3) is 5.91 Å². The molecule has 0 aliphatic carbocycles. The van der Waals surface area contributed by atoms with E-state index in [-0.39, 0.29) is 17.3 Å².